The lowest BCUT2D eigenvalue weighted by Crippen LogP contribution is -2.44. The van der Waals surface area contributed by atoms with E-state index in [-0.39, 0.29) is 6.03 Å². The topological polar surface area (TPSA) is 50.2 Å². The molecule has 6 heteroatoms. The molecular formula is C15H20N4OS. The molecule has 3 heterocycles. The van der Waals surface area contributed by atoms with E-state index < -0.39 is 0 Å². The maximum absolute atomic E-state index is 12.2. The SMILES string of the molecule is C[C@H](CNC(=O)N1CCc2sccc2C1)Cn1cccn1. The zero-order valence-electron chi connectivity index (χ0n) is 12.2. The Balaban J connectivity index is 1.46. The smallest absolute Gasteiger partial charge is 0.317 e. The van der Waals surface area contributed by atoms with Crippen molar-refractivity contribution in [3.63, 3.8) is 0 Å². The number of carbonyl (C=O) groups is 1. The van der Waals surface area contributed by atoms with Crippen LogP contribution in [0.25, 0.3) is 0 Å². The highest BCUT2D eigenvalue weighted by Gasteiger charge is 2.21. The van der Waals surface area contributed by atoms with Gasteiger partial charge in [-0.2, -0.15) is 5.10 Å². The maximum atomic E-state index is 12.2. The first-order chi connectivity index (χ1) is 10.2. The van der Waals surface area contributed by atoms with Crippen LogP contribution in [-0.2, 0) is 19.5 Å². The highest BCUT2D eigenvalue weighted by Crippen LogP contribution is 2.23. The van der Waals surface area contributed by atoms with Crippen LogP contribution < -0.4 is 5.32 Å². The van der Waals surface area contributed by atoms with Crippen molar-refractivity contribution in [1.82, 2.24) is 20.0 Å². The van der Waals surface area contributed by atoms with Gasteiger partial charge in [0.05, 0.1) is 0 Å². The van der Waals surface area contributed by atoms with Gasteiger partial charge in [0.2, 0.25) is 0 Å². The molecule has 0 unspecified atom stereocenters. The molecule has 1 atom stereocenters. The Morgan fingerprint density at radius 3 is 3.29 bits per heavy atom. The standard InChI is InChI=1S/C15H20N4OS/c1-12(10-19-6-2-5-17-19)9-16-15(20)18-7-3-14-13(11-18)4-8-21-14/h2,4-6,8,12H,3,7,9-11H2,1H3,(H,16,20)/t12-/m1/s1. The van der Waals surface area contributed by atoms with Crippen LogP contribution in [0.2, 0.25) is 0 Å². The molecule has 0 fully saturated rings. The van der Waals surface area contributed by atoms with Gasteiger partial charge < -0.3 is 10.2 Å². The molecule has 21 heavy (non-hydrogen) atoms. The summed E-state index contributed by atoms with van der Waals surface area (Å²) in [5.41, 5.74) is 1.30. The number of nitrogens with zero attached hydrogens (tertiary/aromatic N) is 3. The van der Waals surface area contributed by atoms with Crippen molar-refractivity contribution in [3.8, 4) is 0 Å². The molecule has 1 aliphatic heterocycles. The van der Waals surface area contributed by atoms with E-state index in [4.69, 9.17) is 0 Å². The molecule has 1 N–H and O–H groups in total. The number of amides is 2. The van der Waals surface area contributed by atoms with E-state index in [2.05, 4.69) is 28.8 Å². The predicted octanol–water partition coefficient (Wildman–Crippen LogP) is 2.35. The molecule has 2 amide bonds. The zero-order chi connectivity index (χ0) is 14.7. The van der Waals surface area contributed by atoms with Crippen LogP contribution in [0.1, 0.15) is 17.4 Å². The number of aromatic nitrogens is 2. The van der Waals surface area contributed by atoms with E-state index in [9.17, 15) is 4.79 Å². The van der Waals surface area contributed by atoms with E-state index in [1.54, 1.807) is 17.5 Å². The molecule has 0 radical (unpaired) electrons. The van der Waals surface area contributed by atoms with Gasteiger partial charge >= 0.3 is 6.03 Å². The van der Waals surface area contributed by atoms with Crippen LogP contribution in [0.3, 0.4) is 0 Å². The number of rotatable bonds is 4. The van der Waals surface area contributed by atoms with E-state index in [0.29, 0.717) is 12.5 Å². The number of thiophene rings is 1. The highest BCUT2D eigenvalue weighted by atomic mass is 32.1. The Morgan fingerprint density at radius 2 is 2.48 bits per heavy atom. The fourth-order valence-electron chi connectivity index (χ4n) is 2.59. The second-order valence-corrected chi connectivity index (χ2v) is 6.56. The summed E-state index contributed by atoms with van der Waals surface area (Å²) in [5, 5.41) is 9.33. The van der Waals surface area contributed by atoms with Crippen molar-refractivity contribution in [1.29, 1.82) is 0 Å². The first-order valence-electron chi connectivity index (χ1n) is 7.28. The number of fused-ring (bicyclic) bond motifs is 1. The van der Waals surface area contributed by atoms with Crippen molar-refractivity contribution >= 4 is 17.4 Å². The number of carbonyl (C=O) groups excluding carboxylic acids is 1. The zero-order valence-corrected chi connectivity index (χ0v) is 13.0. The molecule has 2 aromatic rings. The molecule has 0 aromatic carbocycles. The minimum atomic E-state index is 0.0409. The predicted molar refractivity (Wildman–Crippen MR) is 83.2 cm³/mol. The summed E-state index contributed by atoms with van der Waals surface area (Å²) in [4.78, 5) is 15.6. The van der Waals surface area contributed by atoms with Crippen LogP contribution in [0, 0.1) is 5.92 Å². The molecule has 3 rings (SSSR count). The van der Waals surface area contributed by atoms with E-state index in [1.807, 2.05) is 21.8 Å². The number of hydrogen-bond donors (Lipinski definition) is 1. The van der Waals surface area contributed by atoms with Gasteiger partial charge in [0.15, 0.2) is 0 Å². The average Bonchev–Trinajstić information content (AvgIpc) is 3.14. The summed E-state index contributed by atoms with van der Waals surface area (Å²) in [6, 6.07) is 4.08. The Hall–Kier alpha value is -1.82. The second kappa shape index (κ2) is 6.30. The summed E-state index contributed by atoms with van der Waals surface area (Å²) in [5.74, 6) is 0.357. The van der Waals surface area contributed by atoms with Crippen LogP contribution in [-0.4, -0.2) is 33.8 Å². The molecule has 112 valence electrons. The third-order valence-corrected chi connectivity index (χ3v) is 4.78. The average molecular weight is 304 g/mol. The first-order valence-corrected chi connectivity index (χ1v) is 8.16. The van der Waals surface area contributed by atoms with Crippen LogP contribution in [0.5, 0.6) is 0 Å². The van der Waals surface area contributed by atoms with E-state index in [1.165, 1.54) is 10.4 Å². The molecule has 2 aromatic heterocycles. The summed E-state index contributed by atoms with van der Waals surface area (Å²) >= 11 is 1.79. The Labute approximate surface area is 128 Å². The molecule has 5 nitrogen and oxygen atoms in total. The van der Waals surface area contributed by atoms with Crippen molar-refractivity contribution in [2.45, 2.75) is 26.4 Å². The lowest BCUT2D eigenvalue weighted by atomic mass is 10.1. The normalized spacial score (nSPS) is 15.6. The molecule has 0 saturated heterocycles. The quantitative estimate of drug-likeness (QED) is 0.942. The van der Waals surface area contributed by atoms with E-state index in [0.717, 1.165) is 26.1 Å². The second-order valence-electron chi connectivity index (χ2n) is 5.56. The van der Waals surface area contributed by atoms with Crippen molar-refractivity contribution in [2.24, 2.45) is 5.92 Å². The first kappa shape index (κ1) is 14.1. The summed E-state index contributed by atoms with van der Waals surface area (Å²) in [6.45, 7) is 5.16. The van der Waals surface area contributed by atoms with Crippen LogP contribution in [0.4, 0.5) is 4.79 Å². The number of nitrogens with one attached hydrogen (secondary N) is 1. The molecule has 0 aliphatic carbocycles. The number of hydrogen-bond acceptors (Lipinski definition) is 3. The fraction of sp³-hybridized carbons (Fsp3) is 0.467. The van der Waals surface area contributed by atoms with Gasteiger partial charge in [0, 0.05) is 43.4 Å². The molecular weight excluding hydrogens is 284 g/mol. The van der Waals surface area contributed by atoms with E-state index >= 15 is 0 Å². The monoisotopic (exact) mass is 304 g/mol. The van der Waals surface area contributed by atoms with Crippen molar-refractivity contribution in [3.05, 3.63) is 40.3 Å². The van der Waals surface area contributed by atoms with Gasteiger partial charge in [-0.05, 0) is 35.4 Å². The highest BCUT2D eigenvalue weighted by molar-refractivity contribution is 7.10. The number of urea groups is 1. The maximum Gasteiger partial charge on any atom is 0.317 e. The van der Waals surface area contributed by atoms with Crippen molar-refractivity contribution in [2.75, 3.05) is 13.1 Å². The van der Waals surface area contributed by atoms with Gasteiger partial charge in [0.25, 0.3) is 0 Å². The van der Waals surface area contributed by atoms with Crippen LogP contribution in [0.15, 0.2) is 29.9 Å². The van der Waals surface area contributed by atoms with Gasteiger partial charge in [-0.3, -0.25) is 4.68 Å². The third kappa shape index (κ3) is 3.44. The van der Waals surface area contributed by atoms with Crippen molar-refractivity contribution < 1.29 is 4.79 Å². The lowest BCUT2D eigenvalue weighted by molar-refractivity contribution is 0.190. The summed E-state index contributed by atoms with van der Waals surface area (Å²) < 4.78 is 1.90. The molecule has 0 spiro atoms. The largest absolute Gasteiger partial charge is 0.338 e. The summed E-state index contributed by atoms with van der Waals surface area (Å²) in [7, 11) is 0. The fourth-order valence-corrected chi connectivity index (χ4v) is 3.48. The van der Waals surface area contributed by atoms with Gasteiger partial charge in [0.1, 0.15) is 0 Å². The minimum Gasteiger partial charge on any atom is -0.338 e. The molecule has 0 saturated carbocycles. The summed E-state index contributed by atoms with van der Waals surface area (Å²) in [6.07, 6.45) is 4.70. The minimum absolute atomic E-state index is 0.0409. The third-order valence-electron chi connectivity index (χ3n) is 3.75. The van der Waals surface area contributed by atoms with Crippen LogP contribution >= 0.6 is 11.3 Å². The molecule has 0 bridgehead atoms. The van der Waals surface area contributed by atoms with Gasteiger partial charge in [-0.15, -0.1) is 11.3 Å². The molecule has 1 aliphatic rings. The Kier molecular flexibility index (Phi) is 4.24. The lowest BCUT2D eigenvalue weighted by Gasteiger charge is -2.27. The van der Waals surface area contributed by atoms with Gasteiger partial charge in [-0.25, -0.2) is 4.79 Å². The van der Waals surface area contributed by atoms with Gasteiger partial charge in [-0.1, -0.05) is 6.92 Å². The Bertz CT molecular complexity index is 593. The Morgan fingerprint density at radius 1 is 1.57 bits per heavy atom.